The van der Waals surface area contributed by atoms with Crippen molar-refractivity contribution in [2.24, 2.45) is 0 Å². The molecule has 0 radical (unpaired) electrons. The molecule has 1 heterocycles. The van der Waals surface area contributed by atoms with Crippen LogP contribution in [0.5, 0.6) is 0 Å². The summed E-state index contributed by atoms with van der Waals surface area (Å²) in [5.41, 5.74) is 1.33. The first-order valence-corrected chi connectivity index (χ1v) is 8.42. The number of methoxy groups -OCH3 is 1. The van der Waals surface area contributed by atoms with Crippen LogP contribution in [0.4, 0.5) is 5.13 Å². The molecule has 0 atom stereocenters. The summed E-state index contributed by atoms with van der Waals surface area (Å²) in [5, 5.41) is 3.46. The van der Waals surface area contributed by atoms with Gasteiger partial charge < -0.3 is 9.64 Å². The fourth-order valence-corrected chi connectivity index (χ4v) is 3.74. The van der Waals surface area contributed by atoms with Crippen molar-refractivity contribution in [2.45, 2.75) is 51.4 Å². The van der Waals surface area contributed by atoms with Crippen molar-refractivity contribution in [3.8, 4) is 0 Å². The van der Waals surface area contributed by atoms with Gasteiger partial charge in [0.1, 0.15) is 0 Å². The summed E-state index contributed by atoms with van der Waals surface area (Å²) in [4.78, 5) is 7.26. The van der Waals surface area contributed by atoms with Crippen LogP contribution in [-0.2, 0) is 4.74 Å². The van der Waals surface area contributed by atoms with Gasteiger partial charge in [-0.2, -0.15) is 0 Å². The molecule has 0 bridgehead atoms. The van der Waals surface area contributed by atoms with E-state index in [0.29, 0.717) is 5.92 Å². The topological polar surface area (TPSA) is 25.4 Å². The number of hydrogen-bond acceptors (Lipinski definition) is 4. The third-order valence-electron chi connectivity index (χ3n) is 3.86. The zero-order chi connectivity index (χ0) is 13.5. The Hall–Kier alpha value is -0.610. The summed E-state index contributed by atoms with van der Waals surface area (Å²) >= 11 is 1.80. The number of hydrogen-bond donors (Lipinski definition) is 0. The third-order valence-corrected chi connectivity index (χ3v) is 4.78. The Balaban J connectivity index is 1.99. The Morgan fingerprint density at radius 3 is 2.79 bits per heavy atom. The van der Waals surface area contributed by atoms with Gasteiger partial charge in [-0.15, -0.1) is 11.3 Å². The van der Waals surface area contributed by atoms with Crippen molar-refractivity contribution >= 4 is 16.5 Å². The molecule has 0 spiro atoms. The second-order valence-corrected chi connectivity index (χ2v) is 6.21. The lowest BCUT2D eigenvalue weighted by Crippen LogP contribution is -2.27. The molecule has 1 saturated carbocycles. The van der Waals surface area contributed by atoms with E-state index in [9.17, 15) is 0 Å². The molecule has 0 unspecified atom stereocenters. The van der Waals surface area contributed by atoms with Gasteiger partial charge in [0.05, 0.1) is 12.3 Å². The van der Waals surface area contributed by atoms with Gasteiger partial charge in [-0.05, 0) is 19.3 Å². The SMILES string of the molecule is CCCN(CCOC)c1nc(C2CCCCC2)cs1. The predicted molar refractivity (Wildman–Crippen MR) is 82.3 cm³/mol. The van der Waals surface area contributed by atoms with Gasteiger partial charge >= 0.3 is 0 Å². The molecule has 1 aliphatic carbocycles. The van der Waals surface area contributed by atoms with Crippen LogP contribution in [0, 0.1) is 0 Å². The molecule has 1 aliphatic rings. The quantitative estimate of drug-likeness (QED) is 0.754. The van der Waals surface area contributed by atoms with E-state index in [1.807, 2.05) is 0 Å². The van der Waals surface area contributed by atoms with Crippen LogP contribution < -0.4 is 4.90 Å². The number of ether oxygens (including phenoxy) is 1. The normalized spacial score (nSPS) is 16.7. The molecule has 108 valence electrons. The van der Waals surface area contributed by atoms with E-state index in [2.05, 4.69) is 17.2 Å². The van der Waals surface area contributed by atoms with Crippen molar-refractivity contribution in [1.82, 2.24) is 4.98 Å². The van der Waals surface area contributed by atoms with Crippen LogP contribution in [0.3, 0.4) is 0 Å². The van der Waals surface area contributed by atoms with Crippen LogP contribution in [0.15, 0.2) is 5.38 Å². The lowest BCUT2D eigenvalue weighted by Gasteiger charge is -2.21. The maximum atomic E-state index is 5.20. The van der Waals surface area contributed by atoms with Crippen LogP contribution in [0.1, 0.15) is 57.1 Å². The fourth-order valence-electron chi connectivity index (χ4n) is 2.78. The Morgan fingerprint density at radius 1 is 1.32 bits per heavy atom. The molecule has 1 aromatic rings. The number of anilines is 1. The maximum absolute atomic E-state index is 5.20. The molecule has 0 N–H and O–H groups in total. The minimum atomic E-state index is 0.713. The average Bonchev–Trinajstić information content (AvgIpc) is 2.94. The summed E-state index contributed by atoms with van der Waals surface area (Å²) in [6, 6.07) is 0. The summed E-state index contributed by atoms with van der Waals surface area (Å²) in [5.74, 6) is 0.713. The smallest absolute Gasteiger partial charge is 0.185 e. The van der Waals surface area contributed by atoms with Crippen molar-refractivity contribution in [2.75, 3.05) is 31.7 Å². The van der Waals surface area contributed by atoms with Crippen molar-refractivity contribution < 1.29 is 4.74 Å². The Labute approximate surface area is 121 Å². The molecule has 1 fully saturated rings. The molecule has 2 rings (SSSR count). The molecule has 0 aromatic carbocycles. The van der Waals surface area contributed by atoms with E-state index < -0.39 is 0 Å². The average molecular weight is 282 g/mol. The highest BCUT2D eigenvalue weighted by atomic mass is 32.1. The molecule has 3 nitrogen and oxygen atoms in total. The van der Waals surface area contributed by atoms with Crippen LogP contribution in [0.2, 0.25) is 0 Å². The molecule has 0 aliphatic heterocycles. The van der Waals surface area contributed by atoms with Crippen molar-refractivity contribution in [3.63, 3.8) is 0 Å². The molecular formula is C15H26N2OS. The molecule has 1 aromatic heterocycles. The molecule has 0 amide bonds. The summed E-state index contributed by atoms with van der Waals surface area (Å²) < 4.78 is 5.20. The van der Waals surface area contributed by atoms with E-state index >= 15 is 0 Å². The van der Waals surface area contributed by atoms with E-state index in [4.69, 9.17) is 9.72 Å². The second kappa shape index (κ2) is 7.85. The number of aromatic nitrogens is 1. The van der Waals surface area contributed by atoms with Crippen LogP contribution in [-0.4, -0.2) is 31.8 Å². The molecular weight excluding hydrogens is 256 g/mol. The Morgan fingerprint density at radius 2 is 2.11 bits per heavy atom. The first-order chi connectivity index (χ1) is 9.35. The fraction of sp³-hybridized carbons (Fsp3) is 0.800. The minimum Gasteiger partial charge on any atom is -0.383 e. The minimum absolute atomic E-state index is 0.713. The van der Waals surface area contributed by atoms with Gasteiger partial charge in [-0.1, -0.05) is 26.2 Å². The molecule has 0 saturated heterocycles. The first-order valence-electron chi connectivity index (χ1n) is 7.54. The number of nitrogens with zero attached hydrogens (tertiary/aromatic N) is 2. The van der Waals surface area contributed by atoms with Gasteiger partial charge in [0.2, 0.25) is 0 Å². The molecule has 4 heteroatoms. The molecule has 19 heavy (non-hydrogen) atoms. The van der Waals surface area contributed by atoms with Gasteiger partial charge in [-0.25, -0.2) is 4.98 Å². The van der Waals surface area contributed by atoms with Gasteiger partial charge in [0.25, 0.3) is 0 Å². The lowest BCUT2D eigenvalue weighted by atomic mass is 9.87. The Kier molecular flexibility index (Phi) is 6.11. The first kappa shape index (κ1) is 14.8. The third kappa shape index (κ3) is 4.18. The Bertz CT molecular complexity index is 361. The lowest BCUT2D eigenvalue weighted by molar-refractivity contribution is 0.205. The zero-order valence-electron chi connectivity index (χ0n) is 12.2. The number of thiazole rings is 1. The summed E-state index contributed by atoms with van der Waals surface area (Å²) in [7, 11) is 1.76. The maximum Gasteiger partial charge on any atom is 0.185 e. The second-order valence-electron chi connectivity index (χ2n) is 5.37. The van der Waals surface area contributed by atoms with E-state index in [-0.39, 0.29) is 0 Å². The standard InChI is InChI=1S/C15H26N2OS/c1-3-9-17(10-11-18-2)15-16-14(12-19-15)13-7-5-4-6-8-13/h12-13H,3-11H2,1-2H3. The van der Waals surface area contributed by atoms with Crippen molar-refractivity contribution in [3.05, 3.63) is 11.1 Å². The van der Waals surface area contributed by atoms with E-state index in [0.717, 1.165) is 26.1 Å². The highest BCUT2D eigenvalue weighted by molar-refractivity contribution is 7.13. The number of rotatable bonds is 7. The van der Waals surface area contributed by atoms with E-state index in [1.165, 1.54) is 42.9 Å². The highest BCUT2D eigenvalue weighted by Gasteiger charge is 2.19. The van der Waals surface area contributed by atoms with Gasteiger partial charge in [0, 0.05) is 31.5 Å². The summed E-state index contributed by atoms with van der Waals surface area (Å²) in [6.45, 7) is 5.01. The van der Waals surface area contributed by atoms with Crippen molar-refractivity contribution in [1.29, 1.82) is 0 Å². The van der Waals surface area contributed by atoms with Crippen LogP contribution in [0.25, 0.3) is 0 Å². The predicted octanol–water partition coefficient (Wildman–Crippen LogP) is 4.05. The highest BCUT2D eigenvalue weighted by Crippen LogP contribution is 2.34. The largest absolute Gasteiger partial charge is 0.383 e. The zero-order valence-corrected chi connectivity index (χ0v) is 13.0. The van der Waals surface area contributed by atoms with Crippen LogP contribution >= 0.6 is 11.3 Å². The summed E-state index contributed by atoms with van der Waals surface area (Å²) in [6.07, 6.45) is 7.97. The van der Waals surface area contributed by atoms with E-state index in [1.54, 1.807) is 18.4 Å². The monoisotopic (exact) mass is 282 g/mol. The van der Waals surface area contributed by atoms with Gasteiger partial charge in [-0.3, -0.25) is 0 Å². The van der Waals surface area contributed by atoms with Gasteiger partial charge in [0.15, 0.2) is 5.13 Å².